The van der Waals surface area contributed by atoms with E-state index in [0.717, 1.165) is 16.8 Å². The van der Waals surface area contributed by atoms with Gasteiger partial charge in [-0.3, -0.25) is 14.4 Å². The third-order valence-electron chi connectivity index (χ3n) is 6.50. The summed E-state index contributed by atoms with van der Waals surface area (Å²) in [4.78, 5) is 43.0. The molecule has 2 aliphatic rings. The van der Waals surface area contributed by atoms with Crippen molar-refractivity contribution in [2.24, 2.45) is 0 Å². The smallest absolute Gasteiger partial charge is 0.256 e. The first-order valence-electron chi connectivity index (χ1n) is 11.3. The Hall–Kier alpha value is -4.13. The molecule has 0 aliphatic carbocycles. The van der Waals surface area contributed by atoms with Crippen LogP contribution in [0.1, 0.15) is 27.1 Å². The van der Waals surface area contributed by atoms with Crippen LogP contribution in [0, 0.1) is 0 Å². The Balaban J connectivity index is 1.38. The molecule has 2 atom stereocenters. The number of nitrogens with one attached hydrogen (secondary N) is 2. The molecule has 0 radical (unpaired) electrons. The fraction of sp³-hybridized carbons (Fsp3) is 0.222. The summed E-state index contributed by atoms with van der Waals surface area (Å²) in [5.41, 5.74) is 4.37. The van der Waals surface area contributed by atoms with Gasteiger partial charge in [-0.2, -0.15) is 0 Å². The first-order valence-corrected chi connectivity index (χ1v) is 11.3. The first-order chi connectivity index (χ1) is 16.4. The lowest BCUT2D eigenvalue weighted by Gasteiger charge is -2.25. The summed E-state index contributed by atoms with van der Waals surface area (Å²) < 4.78 is 0. The number of benzene rings is 3. The van der Waals surface area contributed by atoms with Gasteiger partial charge in [-0.05, 0) is 53.9 Å². The Kier molecular flexibility index (Phi) is 5.53. The predicted molar refractivity (Wildman–Crippen MR) is 132 cm³/mol. The van der Waals surface area contributed by atoms with Crippen LogP contribution in [0.4, 0.5) is 11.4 Å². The van der Waals surface area contributed by atoms with E-state index in [-0.39, 0.29) is 17.7 Å². The summed E-state index contributed by atoms with van der Waals surface area (Å²) in [5.74, 6) is -0.751. The van der Waals surface area contributed by atoms with Gasteiger partial charge in [0.1, 0.15) is 6.04 Å². The number of amides is 3. The number of carbonyl (C=O) groups is 3. The van der Waals surface area contributed by atoms with E-state index in [4.69, 9.17) is 0 Å². The second kappa shape index (κ2) is 8.67. The highest BCUT2D eigenvalue weighted by atomic mass is 16.2. The molecule has 1 fully saturated rings. The zero-order chi connectivity index (χ0) is 23.8. The zero-order valence-electron chi connectivity index (χ0n) is 19.1. The van der Waals surface area contributed by atoms with E-state index in [1.807, 2.05) is 73.6 Å². The lowest BCUT2D eigenvalue weighted by atomic mass is 10.0. The number of hydrogen-bond donors (Lipinski definition) is 2. The van der Waals surface area contributed by atoms with Gasteiger partial charge in [-0.15, -0.1) is 0 Å². The van der Waals surface area contributed by atoms with Crippen LogP contribution in [0.15, 0.2) is 72.8 Å². The maximum Gasteiger partial charge on any atom is 0.256 e. The second-order valence-electron chi connectivity index (χ2n) is 8.87. The second-order valence-corrected chi connectivity index (χ2v) is 8.87. The standard InChI is InChI=1S/C27H26N4O3/c1-30(2)20-11-8-18(9-12-20)25(32)29-23-14-15-31-24(23)26(33)28-22-13-10-19(16-21(22)27(31)34)17-6-4-3-5-7-17/h3-13,16,23-24H,14-15H2,1-2H3,(H,28,33)(H,29,32)/t23-,24-/m0/s1. The van der Waals surface area contributed by atoms with Crippen LogP contribution in [-0.4, -0.2) is 55.3 Å². The van der Waals surface area contributed by atoms with E-state index in [1.54, 1.807) is 23.1 Å². The maximum absolute atomic E-state index is 13.5. The number of fused-ring (bicyclic) bond motifs is 2. The van der Waals surface area contributed by atoms with Crippen molar-refractivity contribution in [3.63, 3.8) is 0 Å². The number of hydrogen-bond acceptors (Lipinski definition) is 4. The molecule has 0 unspecified atom stereocenters. The average Bonchev–Trinajstić information content (AvgIpc) is 3.23. The third kappa shape index (κ3) is 3.90. The highest BCUT2D eigenvalue weighted by molar-refractivity contribution is 6.11. The highest BCUT2D eigenvalue weighted by Gasteiger charge is 2.45. The van der Waals surface area contributed by atoms with Crippen LogP contribution in [0.5, 0.6) is 0 Å². The quantitative estimate of drug-likeness (QED) is 0.633. The summed E-state index contributed by atoms with van der Waals surface area (Å²) in [5, 5.41) is 5.89. The van der Waals surface area contributed by atoms with Crippen molar-refractivity contribution in [1.29, 1.82) is 0 Å². The van der Waals surface area contributed by atoms with Crippen molar-refractivity contribution in [2.45, 2.75) is 18.5 Å². The predicted octanol–water partition coefficient (Wildman–Crippen LogP) is 3.38. The molecule has 7 heteroatoms. The molecule has 7 nitrogen and oxygen atoms in total. The van der Waals surface area contributed by atoms with Crippen LogP contribution in [0.3, 0.4) is 0 Å². The van der Waals surface area contributed by atoms with Gasteiger partial charge >= 0.3 is 0 Å². The molecule has 0 aromatic heterocycles. The summed E-state index contributed by atoms with van der Waals surface area (Å²) in [7, 11) is 3.87. The monoisotopic (exact) mass is 454 g/mol. The molecule has 0 bridgehead atoms. The molecule has 172 valence electrons. The van der Waals surface area contributed by atoms with Crippen molar-refractivity contribution in [3.05, 3.63) is 83.9 Å². The van der Waals surface area contributed by atoms with E-state index >= 15 is 0 Å². The Bertz CT molecular complexity index is 1250. The molecule has 2 N–H and O–H groups in total. The van der Waals surface area contributed by atoms with E-state index in [0.29, 0.717) is 29.8 Å². The summed E-state index contributed by atoms with van der Waals surface area (Å²) in [6.07, 6.45) is 0.513. The van der Waals surface area contributed by atoms with Crippen LogP contribution < -0.4 is 15.5 Å². The van der Waals surface area contributed by atoms with Crippen LogP contribution in [-0.2, 0) is 4.79 Å². The molecule has 34 heavy (non-hydrogen) atoms. The summed E-state index contributed by atoms with van der Waals surface area (Å²) >= 11 is 0. The number of carbonyl (C=O) groups excluding carboxylic acids is 3. The number of nitrogens with zero attached hydrogens (tertiary/aromatic N) is 2. The maximum atomic E-state index is 13.5. The molecule has 0 spiro atoms. The Labute approximate surface area is 198 Å². The lowest BCUT2D eigenvalue weighted by molar-refractivity contribution is -0.120. The number of anilines is 2. The zero-order valence-corrected chi connectivity index (χ0v) is 19.1. The highest BCUT2D eigenvalue weighted by Crippen LogP contribution is 2.32. The Morgan fingerprint density at radius 1 is 0.971 bits per heavy atom. The SMILES string of the molecule is CN(C)c1ccc(C(=O)N[C@H]2CCN3C(=O)c4cc(-c5ccccc5)ccc4NC(=O)[C@H]23)cc1. The minimum atomic E-state index is -0.759. The van der Waals surface area contributed by atoms with E-state index in [2.05, 4.69) is 10.6 Å². The number of rotatable bonds is 4. The minimum absolute atomic E-state index is 0.205. The topological polar surface area (TPSA) is 81.8 Å². The van der Waals surface area contributed by atoms with Gasteiger partial charge < -0.3 is 20.4 Å². The van der Waals surface area contributed by atoms with Gasteiger partial charge in [0.2, 0.25) is 5.91 Å². The van der Waals surface area contributed by atoms with E-state index in [9.17, 15) is 14.4 Å². The van der Waals surface area contributed by atoms with Crippen molar-refractivity contribution < 1.29 is 14.4 Å². The van der Waals surface area contributed by atoms with Crippen molar-refractivity contribution in [1.82, 2.24) is 10.2 Å². The largest absolute Gasteiger partial charge is 0.378 e. The van der Waals surface area contributed by atoms with Gasteiger partial charge in [0.25, 0.3) is 11.8 Å². The van der Waals surface area contributed by atoms with E-state index in [1.165, 1.54) is 0 Å². The fourth-order valence-corrected chi connectivity index (χ4v) is 4.66. The molecular weight excluding hydrogens is 428 g/mol. The molecule has 2 heterocycles. The minimum Gasteiger partial charge on any atom is -0.378 e. The Morgan fingerprint density at radius 2 is 1.71 bits per heavy atom. The molecule has 3 aromatic carbocycles. The third-order valence-corrected chi connectivity index (χ3v) is 6.50. The van der Waals surface area contributed by atoms with Gasteiger partial charge in [0, 0.05) is 31.9 Å². The van der Waals surface area contributed by atoms with Crippen molar-refractivity contribution in [3.8, 4) is 11.1 Å². The van der Waals surface area contributed by atoms with Gasteiger partial charge in [0.15, 0.2) is 0 Å². The molecule has 0 saturated carbocycles. The van der Waals surface area contributed by atoms with Crippen molar-refractivity contribution >= 4 is 29.1 Å². The van der Waals surface area contributed by atoms with Gasteiger partial charge in [-0.25, -0.2) is 0 Å². The van der Waals surface area contributed by atoms with Crippen LogP contribution >= 0.6 is 0 Å². The molecule has 1 saturated heterocycles. The summed E-state index contributed by atoms with van der Waals surface area (Å²) in [6.45, 7) is 0.399. The average molecular weight is 455 g/mol. The molecule has 5 rings (SSSR count). The molecule has 3 aromatic rings. The van der Waals surface area contributed by atoms with Crippen molar-refractivity contribution in [2.75, 3.05) is 30.9 Å². The van der Waals surface area contributed by atoms with Crippen LogP contribution in [0.2, 0.25) is 0 Å². The normalized spacial score (nSPS) is 19.1. The van der Waals surface area contributed by atoms with Gasteiger partial charge in [0.05, 0.1) is 17.3 Å². The summed E-state index contributed by atoms with van der Waals surface area (Å²) in [6, 6.07) is 21.3. The Morgan fingerprint density at radius 3 is 2.41 bits per heavy atom. The molecule has 3 amide bonds. The lowest BCUT2D eigenvalue weighted by Crippen LogP contribution is -2.51. The fourth-order valence-electron chi connectivity index (χ4n) is 4.66. The van der Waals surface area contributed by atoms with E-state index < -0.39 is 12.1 Å². The molecule has 2 aliphatic heterocycles. The van der Waals surface area contributed by atoms with Gasteiger partial charge in [-0.1, -0.05) is 36.4 Å². The van der Waals surface area contributed by atoms with Crippen LogP contribution in [0.25, 0.3) is 11.1 Å². The first kappa shape index (κ1) is 21.7. The molecular formula is C27H26N4O3.